The van der Waals surface area contributed by atoms with Gasteiger partial charge in [-0.25, -0.2) is 4.79 Å². The SMILES string of the molecule is CC(C)[C@]1(O)[C@H](Br)[C@@H]2O[C@@]23[C@@]2(C)CCC4=C(COC4=O)[C@@H]2CC[C@@]3(O)[C@@H]1O. The predicted molar refractivity (Wildman–Crippen MR) is 99.1 cm³/mol. The summed E-state index contributed by atoms with van der Waals surface area (Å²) in [6, 6.07) is 0. The Bertz CT molecular complexity index is 766. The first-order valence-electron chi connectivity index (χ1n) is 9.89. The smallest absolute Gasteiger partial charge is 0.334 e. The van der Waals surface area contributed by atoms with Crippen LogP contribution in [0, 0.1) is 17.3 Å². The number of carbonyl (C=O) groups is 1. The molecule has 2 heterocycles. The Kier molecular flexibility index (Phi) is 3.55. The Morgan fingerprint density at radius 1 is 1.26 bits per heavy atom. The van der Waals surface area contributed by atoms with E-state index in [1.165, 1.54) is 0 Å². The number of alkyl halides is 1. The van der Waals surface area contributed by atoms with E-state index >= 15 is 0 Å². The molecule has 0 aromatic carbocycles. The molecule has 0 aromatic heterocycles. The molecule has 0 unspecified atom stereocenters. The number of hydrogen-bond acceptors (Lipinski definition) is 6. The van der Waals surface area contributed by atoms with Gasteiger partial charge in [-0.15, -0.1) is 0 Å². The summed E-state index contributed by atoms with van der Waals surface area (Å²) in [6.07, 6.45) is 0.557. The van der Waals surface area contributed by atoms with Crippen molar-refractivity contribution in [3.63, 3.8) is 0 Å². The molecule has 2 aliphatic heterocycles. The highest BCUT2D eigenvalue weighted by Crippen LogP contribution is 2.74. The van der Waals surface area contributed by atoms with Crippen molar-refractivity contribution in [2.24, 2.45) is 17.3 Å². The van der Waals surface area contributed by atoms with E-state index in [0.29, 0.717) is 32.3 Å². The number of ether oxygens (including phenoxy) is 2. The van der Waals surface area contributed by atoms with E-state index in [-0.39, 0.29) is 23.9 Å². The molecule has 0 aromatic rings. The number of esters is 1. The van der Waals surface area contributed by atoms with Crippen molar-refractivity contribution < 1.29 is 29.6 Å². The van der Waals surface area contributed by atoms with Gasteiger partial charge in [0.05, 0.1) is 4.83 Å². The maximum Gasteiger partial charge on any atom is 0.334 e. The van der Waals surface area contributed by atoms with Crippen LogP contribution in [0.4, 0.5) is 0 Å². The van der Waals surface area contributed by atoms with Crippen molar-refractivity contribution in [2.75, 3.05) is 6.61 Å². The quantitative estimate of drug-likeness (QED) is 0.322. The average Bonchev–Trinajstić information content (AvgIpc) is 3.29. The first-order chi connectivity index (χ1) is 12.6. The van der Waals surface area contributed by atoms with Gasteiger partial charge in [0.25, 0.3) is 0 Å². The van der Waals surface area contributed by atoms with Gasteiger partial charge in [0.2, 0.25) is 0 Å². The molecule has 5 rings (SSSR count). The standard InChI is InChI=1S/C20H27BrO6/c1-9(2)19(25)13(21)14-20(27-14)17(3)6-4-10-11(8-26-15(10)22)12(17)5-7-18(20,24)16(19)23/h9,12-14,16,23-25H,4-8H2,1-3H3/t12-,13+,14-,16-,17-,18+,19-,20+/m0/s1. The van der Waals surface area contributed by atoms with Crippen LogP contribution < -0.4 is 0 Å². The third-order valence-corrected chi connectivity index (χ3v) is 9.78. The number of epoxide rings is 1. The molecule has 3 aliphatic carbocycles. The number of aliphatic hydroxyl groups excluding tert-OH is 1. The highest BCUT2D eigenvalue weighted by atomic mass is 79.9. The lowest BCUT2D eigenvalue weighted by molar-refractivity contribution is -0.258. The summed E-state index contributed by atoms with van der Waals surface area (Å²) >= 11 is 3.61. The molecule has 6 nitrogen and oxygen atoms in total. The Balaban J connectivity index is 1.63. The zero-order valence-electron chi connectivity index (χ0n) is 15.9. The number of cyclic esters (lactones) is 1. The van der Waals surface area contributed by atoms with Crippen LogP contribution in [-0.2, 0) is 14.3 Å². The van der Waals surface area contributed by atoms with Crippen LogP contribution in [0.5, 0.6) is 0 Å². The predicted octanol–water partition coefficient (Wildman–Crippen LogP) is 1.44. The molecule has 150 valence electrons. The second kappa shape index (κ2) is 5.17. The largest absolute Gasteiger partial charge is 0.458 e. The van der Waals surface area contributed by atoms with E-state index in [0.717, 1.165) is 11.1 Å². The molecule has 0 bridgehead atoms. The van der Waals surface area contributed by atoms with Crippen LogP contribution in [0.25, 0.3) is 0 Å². The summed E-state index contributed by atoms with van der Waals surface area (Å²) in [4.78, 5) is 11.6. The Morgan fingerprint density at radius 2 is 1.96 bits per heavy atom. The first-order valence-corrected chi connectivity index (χ1v) is 10.8. The Morgan fingerprint density at radius 3 is 2.63 bits per heavy atom. The molecule has 27 heavy (non-hydrogen) atoms. The van der Waals surface area contributed by atoms with E-state index in [9.17, 15) is 20.1 Å². The first kappa shape index (κ1) is 18.6. The average molecular weight is 443 g/mol. The van der Waals surface area contributed by atoms with Gasteiger partial charge in [0, 0.05) is 11.0 Å². The van der Waals surface area contributed by atoms with Gasteiger partial charge in [-0.3, -0.25) is 0 Å². The molecule has 0 amide bonds. The third kappa shape index (κ3) is 1.76. The van der Waals surface area contributed by atoms with Crippen molar-refractivity contribution in [1.82, 2.24) is 0 Å². The van der Waals surface area contributed by atoms with Gasteiger partial charge in [0.1, 0.15) is 35.6 Å². The fourth-order valence-electron chi connectivity index (χ4n) is 6.94. The molecule has 1 saturated heterocycles. The molecular formula is C20H27BrO6. The number of halogens is 1. The molecule has 3 fully saturated rings. The fourth-order valence-corrected chi connectivity index (χ4v) is 8.20. The van der Waals surface area contributed by atoms with Crippen molar-refractivity contribution in [1.29, 1.82) is 0 Å². The second-order valence-corrected chi connectivity index (χ2v) is 10.6. The van der Waals surface area contributed by atoms with Crippen LogP contribution in [-0.4, -0.2) is 61.7 Å². The molecule has 3 N–H and O–H groups in total. The summed E-state index contributed by atoms with van der Waals surface area (Å²) in [5, 5.41) is 34.4. The second-order valence-electron chi connectivity index (χ2n) is 9.63. The number of fused-ring (bicyclic) bond motifs is 2. The van der Waals surface area contributed by atoms with Crippen molar-refractivity contribution in [3.05, 3.63) is 11.1 Å². The van der Waals surface area contributed by atoms with Crippen molar-refractivity contribution >= 4 is 21.9 Å². The summed E-state index contributed by atoms with van der Waals surface area (Å²) in [5.41, 5.74) is -2.52. The van der Waals surface area contributed by atoms with E-state index in [2.05, 4.69) is 22.9 Å². The highest BCUT2D eigenvalue weighted by molar-refractivity contribution is 9.09. The monoisotopic (exact) mass is 442 g/mol. The fraction of sp³-hybridized carbons (Fsp3) is 0.850. The minimum Gasteiger partial charge on any atom is -0.458 e. The molecular weight excluding hydrogens is 416 g/mol. The zero-order valence-corrected chi connectivity index (χ0v) is 17.5. The van der Waals surface area contributed by atoms with Crippen LogP contribution in [0.3, 0.4) is 0 Å². The number of aliphatic hydroxyl groups is 3. The van der Waals surface area contributed by atoms with Crippen LogP contribution in [0.1, 0.15) is 46.5 Å². The number of carbonyl (C=O) groups excluding carboxylic acids is 1. The van der Waals surface area contributed by atoms with E-state index < -0.39 is 33.1 Å². The minimum atomic E-state index is -1.52. The van der Waals surface area contributed by atoms with Gasteiger partial charge in [-0.1, -0.05) is 36.7 Å². The van der Waals surface area contributed by atoms with Gasteiger partial charge in [-0.05, 0) is 43.1 Å². The summed E-state index contributed by atoms with van der Waals surface area (Å²) < 4.78 is 11.6. The lowest BCUT2D eigenvalue weighted by atomic mass is 9.44. The molecule has 8 atom stereocenters. The third-order valence-electron chi connectivity index (χ3n) is 8.56. The number of hydrogen-bond donors (Lipinski definition) is 3. The van der Waals surface area contributed by atoms with Gasteiger partial charge in [0.15, 0.2) is 0 Å². The maximum atomic E-state index is 12.0. The minimum absolute atomic E-state index is 0.0788. The summed E-state index contributed by atoms with van der Waals surface area (Å²) in [6.45, 7) is 6.13. The van der Waals surface area contributed by atoms with Gasteiger partial charge < -0.3 is 24.8 Å². The van der Waals surface area contributed by atoms with Crippen LogP contribution in [0.2, 0.25) is 0 Å². The van der Waals surface area contributed by atoms with Crippen LogP contribution >= 0.6 is 15.9 Å². The van der Waals surface area contributed by atoms with Crippen LogP contribution in [0.15, 0.2) is 11.1 Å². The normalized spacial score (nSPS) is 56.2. The lowest BCUT2D eigenvalue weighted by Crippen LogP contribution is -2.78. The molecule has 5 aliphatic rings. The zero-order chi connectivity index (χ0) is 19.6. The van der Waals surface area contributed by atoms with Gasteiger partial charge >= 0.3 is 5.97 Å². The molecule has 1 spiro atoms. The molecule has 0 radical (unpaired) electrons. The van der Waals surface area contributed by atoms with Crippen molar-refractivity contribution in [2.45, 2.75) is 80.3 Å². The molecule has 7 heteroatoms. The van der Waals surface area contributed by atoms with E-state index in [4.69, 9.17) is 9.47 Å². The number of rotatable bonds is 1. The summed E-state index contributed by atoms with van der Waals surface area (Å²) in [5.74, 6) is -0.389. The topological polar surface area (TPSA) is 99.5 Å². The van der Waals surface area contributed by atoms with Crippen molar-refractivity contribution in [3.8, 4) is 0 Å². The lowest BCUT2D eigenvalue weighted by Gasteiger charge is -2.62. The molecule has 2 saturated carbocycles. The van der Waals surface area contributed by atoms with Gasteiger partial charge in [-0.2, -0.15) is 0 Å². The van der Waals surface area contributed by atoms with E-state index in [1.54, 1.807) is 0 Å². The summed E-state index contributed by atoms with van der Waals surface area (Å²) in [7, 11) is 0. The Labute approximate surface area is 167 Å². The maximum absolute atomic E-state index is 12.0. The Hall–Kier alpha value is -0.470. The van der Waals surface area contributed by atoms with E-state index in [1.807, 2.05) is 13.8 Å². The highest BCUT2D eigenvalue weighted by Gasteiger charge is 2.88.